The highest BCUT2D eigenvalue weighted by Crippen LogP contribution is 2.38. The van der Waals surface area contributed by atoms with Crippen molar-refractivity contribution < 1.29 is 9.53 Å². The van der Waals surface area contributed by atoms with Crippen LogP contribution in [0.25, 0.3) is 21.3 Å². The normalized spacial score (nSPS) is 15.1. The van der Waals surface area contributed by atoms with E-state index in [1.165, 1.54) is 0 Å². The van der Waals surface area contributed by atoms with E-state index in [2.05, 4.69) is 34.5 Å². The molecule has 6 nitrogen and oxygen atoms in total. The van der Waals surface area contributed by atoms with Gasteiger partial charge >= 0.3 is 0 Å². The Kier molecular flexibility index (Phi) is 5.75. The standard InChI is InChI=1S/C23H28N4O2S/c1-23(2,3)22(28)27-12-10-26(11-13-27)20-19-17(16-8-6-5-7-9-16)15-30-21(19)25-18(24-20)14-29-4/h5-9,15H,10-14H2,1-4H3. The van der Waals surface area contributed by atoms with Crippen molar-refractivity contribution >= 4 is 33.3 Å². The van der Waals surface area contributed by atoms with Crippen LogP contribution in [0.4, 0.5) is 5.82 Å². The minimum Gasteiger partial charge on any atom is -0.377 e. The summed E-state index contributed by atoms with van der Waals surface area (Å²) in [6.45, 7) is 9.22. The lowest BCUT2D eigenvalue weighted by molar-refractivity contribution is -0.139. The summed E-state index contributed by atoms with van der Waals surface area (Å²) in [5.41, 5.74) is 1.96. The zero-order chi connectivity index (χ0) is 21.3. The van der Waals surface area contributed by atoms with Crippen molar-refractivity contribution in [1.29, 1.82) is 0 Å². The number of hydrogen-bond donors (Lipinski definition) is 0. The van der Waals surface area contributed by atoms with Crippen molar-refractivity contribution in [3.63, 3.8) is 0 Å². The van der Waals surface area contributed by atoms with E-state index in [0.717, 1.165) is 40.3 Å². The number of amides is 1. The van der Waals surface area contributed by atoms with E-state index < -0.39 is 0 Å². The van der Waals surface area contributed by atoms with Gasteiger partial charge in [0, 0.05) is 49.6 Å². The zero-order valence-corrected chi connectivity index (χ0v) is 18.8. The number of benzene rings is 1. The maximum absolute atomic E-state index is 12.7. The molecule has 0 bridgehead atoms. The van der Waals surface area contributed by atoms with Crippen LogP contribution in [0.15, 0.2) is 35.7 Å². The highest BCUT2D eigenvalue weighted by molar-refractivity contribution is 7.17. The van der Waals surface area contributed by atoms with Gasteiger partial charge in [-0.15, -0.1) is 11.3 Å². The molecule has 4 rings (SSSR count). The Labute approximate surface area is 181 Å². The molecule has 0 unspecified atom stereocenters. The molecule has 0 spiro atoms. The van der Waals surface area contributed by atoms with Gasteiger partial charge in [-0.2, -0.15) is 0 Å². The van der Waals surface area contributed by atoms with Crippen molar-refractivity contribution in [2.45, 2.75) is 27.4 Å². The van der Waals surface area contributed by atoms with Crippen LogP contribution >= 0.6 is 11.3 Å². The van der Waals surface area contributed by atoms with E-state index in [1.54, 1.807) is 18.4 Å². The van der Waals surface area contributed by atoms with Crippen LogP contribution in [0.3, 0.4) is 0 Å². The Morgan fingerprint density at radius 1 is 1.10 bits per heavy atom. The van der Waals surface area contributed by atoms with E-state index >= 15 is 0 Å². The fourth-order valence-electron chi connectivity index (χ4n) is 3.81. The molecule has 0 atom stereocenters. The van der Waals surface area contributed by atoms with E-state index in [0.29, 0.717) is 25.5 Å². The number of nitrogens with zero attached hydrogens (tertiary/aromatic N) is 4. The molecule has 0 aliphatic carbocycles. The lowest BCUT2D eigenvalue weighted by Crippen LogP contribution is -2.52. The Bertz CT molecular complexity index is 1030. The Morgan fingerprint density at radius 2 is 1.80 bits per heavy atom. The third kappa shape index (κ3) is 4.04. The third-order valence-corrected chi connectivity index (χ3v) is 6.20. The molecule has 0 N–H and O–H groups in total. The number of thiophene rings is 1. The van der Waals surface area contributed by atoms with Crippen LogP contribution < -0.4 is 4.90 Å². The van der Waals surface area contributed by atoms with Gasteiger partial charge in [-0.05, 0) is 5.56 Å². The first-order chi connectivity index (χ1) is 14.4. The summed E-state index contributed by atoms with van der Waals surface area (Å²) in [6, 6.07) is 10.4. The molecule has 1 amide bonds. The highest BCUT2D eigenvalue weighted by atomic mass is 32.1. The first kappa shape index (κ1) is 20.8. The number of rotatable bonds is 4. The van der Waals surface area contributed by atoms with Crippen molar-refractivity contribution in [3.05, 3.63) is 41.5 Å². The quantitative estimate of drug-likeness (QED) is 0.628. The molecule has 3 aromatic rings. The third-order valence-electron chi connectivity index (χ3n) is 5.33. The van der Waals surface area contributed by atoms with Crippen LogP contribution in [0, 0.1) is 5.41 Å². The predicted octanol–water partition coefficient (Wildman–Crippen LogP) is 4.20. The monoisotopic (exact) mass is 424 g/mol. The second kappa shape index (κ2) is 8.32. The topological polar surface area (TPSA) is 58.6 Å². The summed E-state index contributed by atoms with van der Waals surface area (Å²) in [4.78, 5) is 27.5. The van der Waals surface area contributed by atoms with Gasteiger partial charge in [-0.1, -0.05) is 51.1 Å². The Morgan fingerprint density at radius 3 is 2.43 bits per heavy atom. The molecule has 1 aromatic carbocycles. The minimum atomic E-state index is -0.357. The van der Waals surface area contributed by atoms with Crippen LogP contribution in [0.5, 0.6) is 0 Å². The van der Waals surface area contributed by atoms with Crippen LogP contribution in [-0.2, 0) is 16.1 Å². The first-order valence-electron chi connectivity index (χ1n) is 10.3. The highest BCUT2D eigenvalue weighted by Gasteiger charge is 2.31. The molecule has 0 saturated carbocycles. The van der Waals surface area contributed by atoms with E-state index in [-0.39, 0.29) is 11.3 Å². The van der Waals surface area contributed by atoms with Crippen LogP contribution in [0.1, 0.15) is 26.6 Å². The maximum Gasteiger partial charge on any atom is 0.228 e. The molecule has 1 aliphatic rings. The molecule has 2 aromatic heterocycles. The van der Waals surface area contributed by atoms with Crippen molar-refractivity contribution in [2.24, 2.45) is 5.41 Å². The van der Waals surface area contributed by atoms with Gasteiger partial charge in [0.25, 0.3) is 0 Å². The van der Waals surface area contributed by atoms with Gasteiger partial charge in [-0.3, -0.25) is 4.79 Å². The number of hydrogen-bond acceptors (Lipinski definition) is 6. The lowest BCUT2D eigenvalue weighted by Gasteiger charge is -2.38. The molecular weight excluding hydrogens is 396 g/mol. The number of carbonyl (C=O) groups is 1. The van der Waals surface area contributed by atoms with Gasteiger partial charge < -0.3 is 14.5 Å². The number of ether oxygens (including phenoxy) is 1. The number of carbonyl (C=O) groups excluding carboxylic acids is 1. The fourth-order valence-corrected chi connectivity index (χ4v) is 4.78. The van der Waals surface area contributed by atoms with Gasteiger partial charge in [-0.25, -0.2) is 9.97 Å². The minimum absolute atomic E-state index is 0.204. The van der Waals surface area contributed by atoms with Gasteiger partial charge in [0.15, 0.2) is 5.82 Å². The molecular formula is C23H28N4O2S. The first-order valence-corrected chi connectivity index (χ1v) is 11.1. The molecule has 30 heavy (non-hydrogen) atoms. The summed E-state index contributed by atoms with van der Waals surface area (Å²) >= 11 is 1.64. The molecule has 1 aliphatic heterocycles. The van der Waals surface area contributed by atoms with Crippen molar-refractivity contribution in [1.82, 2.24) is 14.9 Å². The average molecular weight is 425 g/mol. The summed E-state index contributed by atoms with van der Waals surface area (Å²) < 4.78 is 5.30. The molecule has 158 valence electrons. The molecule has 3 heterocycles. The average Bonchev–Trinajstić information content (AvgIpc) is 3.17. The van der Waals surface area contributed by atoms with E-state index in [4.69, 9.17) is 14.7 Å². The number of aromatic nitrogens is 2. The largest absolute Gasteiger partial charge is 0.377 e. The van der Waals surface area contributed by atoms with Gasteiger partial charge in [0.1, 0.15) is 17.3 Å². The smallest absolute Gasteiger partial charge is 0.228 e. The molecule has 1 fully saturated rings. The van der Waals surface area contributed by atoms with Crippen LogP contribution in [0.2, 0.25) is 0 Å². The SMILES string of the molecule is COCc1nc(N2CCN(C(=O)C(C)(C)C)CC2)c2c(-c3ccccc3)csc2n1. The summed E-state index contributed by atoms with van der Waals surface area (Å²) in [5, 5.41) is 3.25. The lowest BCUT2D eigenvalue weighted by atomic mass is 9.94. The number of anilines is 1. The zero-order valence-electron chi connectivity index (χ0n) is 18.0. The summed E-state index contributed by atoms with van der Waals surface area (Å²) in [7, 11) is 1.66. The second-order valence-corrected chi connectivity index (χ2v) is 9.48. The fraction of sp³-hybridized carbons (Fsp3) is 0.435. The maximum atomic E-state index is 12.7. The van der Waals surface area contributed by atoms with Crippen molar-refractivity contribution in [2.75, 3.05) is 38.2 Å². The second-order valence-electron chi connectivity index (χ2n) is 8.62. The van der Waals surface area contributed by atoms with Gasteiger partial charge in [0.2, 0.25) is 5.91 Å². The van der Waals surface area contributed by atoms with Crippen molar-refractivity contribution in [3.8, 4) is 11.1 Å². The molecule has 7 heteroatoms. The summed E-state index contributed by atoms with van der Waals surface area (Å²) in [5.74, 6) is 1.83. The van der Waals surface area contributed by atoms with Crippen LogP contribution in [-0.4, -0.2) is 54.1 Å². The molecule has 0 radical (unpaired) electrons. The number of methoxy groups -OCH3 is 1. The number of piperazine rings is 1. The number of fused-ring (bicyclic) bond motifs is 1. The van der Waals surface area contributed by atoms with E-state index in [9.17, 15) is 4.79 Å². The molecule has 1 saturated heterocycles. The van der Waals surface area contributed by atoms with Gasteiger partial charge in [0.05, 0.1) is 5.39 Å². The Balaban J connectivity index is 1.71. The Hall–Kier alpha value is -2.51. The summed E-state index contributed by atoms with van der Waals surface area (Å²) in [6.07, 6.45) is 0. The predicted molar refractivity (Wildman–Crippen MR) is 122 cm³/mol. The van der Waals surface area contributed by atoms with E-state index in [1.807, 2.05) is 31.7 Å².